The minimum atomic E-state index is -3.56. The Morgan fingerprint density at radius 1 is 1.03 bits per heavy atom. The highest BCUT2D eigenvalue weighted by atomic mass is 32.2. The van der Waals surface area contributed by atoms with Crippen LogP contribution >= 0.6 is 0 Å². The lowest BCUT2D eigenvalue weighted by molar-refractivity contribution is 0.0951. The SMILES string of the molecule is COc1cccc(CNC(=O)c2ccc(Cn3nc(C)c(S(=O)(=O)N4CCCCC4)c3C)cc2)c1. The first-order valence-electron chi connectivity index (χ1n) is 11.8. The second kappa shape index (κ2) is 10.6. The standard InChI is InChI=1S/C26H32N4O4S/c1-19-25(35(32,33)29-14-5-4-6-15-29)20(2)30(28-19)18-21-10-12-23(13-11-21)26(31)27-17-22-8-7-9-24(16-22)34-3/h7-13,16H,4-6,14-15,17-18H2,1-3H3,(H,27,31). The second-order valence-electron chi connectivity index (χ2n) is 8.85. The molecule has 1 amide bonds. The van der Waals surface area contributed by atoms with Crippen molar-refractivity contribution < 1.29 is 17.9 Å². The average molecular weight is 497 g/mol. The van der Waals surface area contributed by atoms with Crippen LogP contribution in [0.1, 0.15) is 52.1 Å². The monoisotopic (exact) mass is 496 g/mol. The fraction of sp³-hybridized carbons (Fsp3) is 0.385. The molecule has 1 aromatic heterocycles. The van der Waals surface area contributed by atoms with Gasteiger partial charge in [0, 0.05) is 25.2 Å². The van der Waals surface area contributed by atoms with Gasteiger partial charge in [-0.15, -0.1) is 0 Å². The van der Waals surface area contributed by atoms with E-state index in [-0.39, 0.29) is 5.91 Å². The van der Waals surface area contributed by atoms with Crippen molar-refractivity contribution >= 4 is 15.9 Å². The number of benzene rings is 2. The van der Waals surface area contributed by atoms with Crippen LogP contribution in [0.15, 0.2) is 53.4 Å². The van der Waals surface area contributed by atoms with Crippen LogP contribution in [-0.4, -0.2) is 48.6 Å². The van der Waals surface area contributed by atoms with E-state index in [2.05, 4.69) is 10.4 Å². The summed E-state index contributed by atoms with van der Waals surface area (Å²) in [7, 11) is -1.95. The Hall–Kier alpha value is -3.17. The Labute approximate surface area is 207 Å². The lowest BCUT2D eigenvalue weighted by atomic mass is 10.1. The minimum Gasteiger partial charge on any atom is -0.497 e. The van der Waals surface area contributed by atoms with E-state index in [0.29, 0.717) is 48.0 Å². The largest absolute Gasteiger partial charge is 0.497 e. The molecule has 3 aromatic rings. The van der Waals surface area contributed by atoms with Crippen LogP contribution in [-0.2, 0) is 23.1 Å². The number of aryl methyl sites for hydroxylation is 1. The molecule has 1 aliphatic heterocycles. The molecule has 186 valence electrons. The van der Waals surface area contributed by atoms with Crippen molar-refractivity contribution in [2.45, 2.75) is 51.1 Å². The Bertz CT molecular complexity index is 1290. The molecule has 0 spiro atoms. The van der Waals surface area contributed by atoms with Crippen LogP contribution < -0.4 is 10.1 Å². The minimum absolute atomic E-state index is 0.166. The first-order valence-corrected chi connectivity index (χ1v) is 13.3. The predicted octanol–water partition coefficient (Wildman–Crippen LogP) is 3.66. The van der Waals surface area contributed by atoms with E-state index in [1.807, 2.05) is 36.4 Å². The van der Waals surface area contributed by atoms with E-state index in [1.54, 1.807) is 42.1 Å². The zero-order valence-electron chi connectivity index (χ0n) is 20.5. The van der Waals surface area contributed by atoms with Gasteiger partial charge in [-0.05, 0) is 62.1 Å². The van der Waals surface area contributed by atoms with Crippen molar-refractivity contribution in [2.24, 2.45) is 0 Å². The van der Waals surface area contributed by atoms with Gasteiger partial charge in [-0.2, -0.15) is 9.40 Å². The molecule has 9 heteroatoms. The van der Waals surface area contributed by atoms with Crippen LogP contribution in [0.4, 0.5) is 0 Å². The molecule has 1 fully saturated rings. The number of hydrogen-bond donors (Lipinski definition) is 1. The van der Waals surface area contributed by atoms with Crippen molar-refractivity contribution in [3.05, 3.63) is 76.6 Å². The smallest absolute Gasteiger partial charge is 0.251 e. The zero-order chi connectivity index (χ0) is 25.0. The van der Waals surface area contributed by atoms with Gasteiger partial charge in [0.15, 0.2) is 0 Å². The molecule has 1 aliphatic rings. The number of rotatable bonds is 8. The van der Waals surface area contributed by atoms with Gasteiger partial charge in [0.1, 0.15) is 10.6 Å². The number of methoxy groups -OCH3 is 1. The molecule has 0 atom stereocenters. The molecule has 0 aliphatic carbocycles. The highest BCUT2D eigenvalue weighted by Crippen LogP contribution is 2.26. The Morgan fingerprint density at radius 2 is 1.74 bits per heavy atom. The number of amides is 1. The van der Waals surface area contributed by atoms with Crippen molar-refractivity contribution in [3.8, 4) is 5.75 Å². The van der Waals surface area contributed by atoms with Crippen molar-refractivity contribution in [1.82, 2.24) is 19.4 Å². The number of carbonyl (C=O) groups is 1. The number of carbonyl (C=O) groups excluding carboxylic acids is 1. The summed E-state index contributed by atoms with van der Waals surface area (Å²) >= 11 is 0. The van der Waals surface area contributed by atoms with Crippen LogP contribution in [0.25, 0.3) is 0 Å². The maximum Gasteiger partial charge on any atom is 0.251 e. The molecular formula is C26H32N4O4S. The summed E-state index contributed by atoms with van der Waals surface area (Å²) in [6.45, 7) is 5.50. The van der Waals surface area contributed by atoms with E-state index in [9.17, 15) is 13.2 Å². The maximum absolute atomic E-state index is 13.2. The van der Waals surface area contributed by atoms with Crippen LogP contribution in [0, 0.1) is 13.8 Å². The second-order valence-corrected chi connectivity index (χ2v) is 10.7. The van der Waals surface area contributed by atoms with Crippen molar-refractivity contribution in [3.63, 3.8) is 0 Å². The molecule has 1 saturated heterocycles. The molecule has 2 aromatic carbocycles. The molecule has 2 heterocycles. The van der Waals surface area contributed by atoms with Gasteiger partial charge in [-0.3, -0.25) is 9.48 Å². The number of aromatic nitrogens is 2. The molecule has 1 N–H and O–H groups in total. The summed E-state index contributed by atoms with van der Waals surface area (Å²) in [5.74, 6) is 0.581. The fourth-order valence-electron chi connectivity index (χ4n) is 4.44. The number of nitrogens with zero attached hydrogens (tertiary/aromatic N) is 3. The lowest BCUT2D eigenvalue weighted by Gasteiger charge is -2.26. The van der Waals surface area contributed by atoms with E-state index < -0.39 is 10.0 Å². The van der Waals surface area contributed by atoms with Crippen molar-refractivity contribution in [1.29, 1.82) is 0 Å². The van der Waals surface area contributed by atoms with E-state index in [1.165, 1.54) is 0 Å². The van der Waals surface area contributed by atoms with E-state index in [0.717, 1.165) is 36.1 Å². The van der Waals surface area contributed by atoms with Gasteiger partial charge in [0.05, 0.1) is 25.0 Å². The van der Waals surface area contributed by atoms with Gasteiger partial charge in [-0.1, -0.05) is 30.7 Å². The molecule has 0 bridgehead atoms. The summed E-state index contributed by atoms with van der Waals surface area (Å²) in [6.07, 6.45) is 2.86. The third kappa shape index (κ3) is 5.57. The number of sulfonamides is 1. The topological polar surface area (TPSA) is 93.5 Å². The molecule has 0 radical (unpaired) electrons. The number of hydrogen-bond acceptors (Lipinski definition) is 5. The van der Waals surface area contributed by atoms with Gasteiger partial charge in [-0.25, -0.2) is 8.42 Å². The van der Waals surface area contributed by atoms with Gasteiger partial charge in [0.25, 0.3) is 5.91 Å². The highest BCUT2D eigenvalue weighted by molar-refractivity contribution is 7.89. The predicted molar refractivity (Wildman–Crippen MR) is 134 cm³/mol. The van der Waals surface area contributed by atoms with Crippen LogP contribution in [0.5, 0.6) is 5.75 Å². The number of nitrogens with one attached hydrogen (secondary N) is 1. The molecule has 8 nitrogen and oxygen atoms in total. The summed E-state index contributed by atoms with van der Waals surface area (Å²) < 4.78 is 35.0. The highest BCUT2D eigenvalue weighted by Gasteiger charge is 2.31. The summed E-state index contributed by atoms with van der Waals surface area (Å²) in [5.41, 5.74) is 3.59. The molecule has 0 unspecified atom stereocenters. The van der Waals surface area contributed by atoms with Gasteiger partial charge in [0.2, 0.25) is 10.0 Å². The summed E-state index contributed by atoms with van der Waals surface area (Å²) in [4.78, 5) is 12.9. The third-order valence-corrected chi connectivity index (χ3v) is 8.52. The number of ether oxygens (including phenoxy) is 1. The van der Waals surface area contributed by atoms with Crippen molar-refractivity contribution in [2.75, 3.05) is 20.2 Å². The van der Waals surface area contributed by atoms with E-state index >= 15 is 0 Å². The Morgan fingerprint density at radius 3 is 2.43 bits per heavy atom. The quantitative estimate of drug-likeness (QED) is 0.514. The molecular weight excluding hydrogens is 464 g/mol. The third-order valence-electron chi connectivity index (χ3n) is 6.36. The Kier molecular flexibility index (Phi) is 7.57. The first kappa shape index (κ1) is 24.9. The fourth-order valence-corrected chi connectivity index (χ4v) is 6.33. The molecule has 35 heavy (non-hydrogen) atoms. The Balaban J connectivity index is 1.43. The van der Waals surface area contributed by atoms with Crippen LogP contribution in [0.2, 0.25) is 0 Å². The van der Waals surface area contributed by atoms with E-state index in [4.69, 9.17) is 4.74 Å². The number of piperidine rings is 1. The summed E-state index contributed by atoms with van der Waals surface area (Å²) in [6, 6.07) is 14.8. The normalized spacial score (nSPS) is 14.6. The zero-order valence-corrected chi connectivity index (χ0v) is 21.3. The van der Waals surface area contributed by atoms with Crippen LogP contribution in [0.3, 0.4) is 0 Å². The van der Waals surface area contributed by atoms with Gasteiger partial charge >= 0.3 is 0 Å². The van der Waals surface area contributed by atoms with Gasteiger partial charge < -0.3 is 10.1 Å². The first-order chi connectivity index (χ1) is 16.8. The molecule has 4 rings (SSSR count). The average Bonchev–Trinajstić information content (AvgIpc) is 3.16. The summed E-state index contributed by atoms with van der Waals surface area (Å²) in [5, 5.41) is 7.44. The lowest BCUT2D eigenvalue weighted by Crippen LogP contribution is -2.36. The molecule has 0 saturated carbocycles. The maximum atomic E-state index is 13.2.